The van der Waals surface area contributed by atoms with Crippen LogP contribution in [-0.4, -0.2) is 11.6 Å². The van der Waals surface area contributed by atoms with Crippen LogP contribution in [0.3, 0.4) is 0 Å². The molecule has 1 aliphatic carbocycles. The normalized spacial score (nSPS) is 20.7. The third-order valence-corrected chi connectivity index (χ3v) is 2.96. The van der Waals surface area contributed by atoms with E-state index >= 15 is 0 Å². The second kappa shape index (κ2) is 4.30. The first-order valence-corrected chi connectivity index (χ1v) is 5.53. The van der Waals surface area contributed by atoms with Crippen molar-refractivity contribution in [3.8, 4) is 0 Å². The molecular weight excluding hydrogens is 188 g/mol. The fourth-order valence-corrected chi connectivity index (χ4v) is 2.32. The Bertz CT molecular complexity index is 321. The molecular formula is C13H20O2. The smallest absolute Gasteiger partial charge is 0.159 e. The summed E-state index contributed by atoms with van der Waals surface area (Å²) in [7, 11) is 0. The van der Waals surface area contributed by atoms with Gasteiger partial charge in [-0.3, -0.25) is 4.79 Å². The van der Waals surface area contributed by atoms with E-state index in [4.69, 9.17) is 0 Å². The molecule has 0 aromatic rings. The number of ketones is 2. The van der Waals surface area contributed by atoms with Crippen molar-refractivity contribution in [1.82, 2.24) is 0 Å². The van der Waals surface area contributed by atoms with Gasteiger partial charge in [0.1, 0.15) is 5.78 Å². The number of allylic oxidation sites excluding steroid dienone is 2. The molecule has 0 heterocycles. The Morgan fingerprint density at radius 2 is 1.93 bits per heavy atom. The van der Waals surface area contributed by atoms with Gasteiger partial charge >= 0.3 is 0 Å². The monoisotopic (exact) mass is 208 g/mol. The van der Waals surface area contributed by atoms with E-state index in [0.29, 0.717) is 19.3 Å². The molecule has 0 aliphatic heterocycles. The van der Waals surface area contributed by atoms with Crippen molar-refractivity contribution in [2.24, 2.45) is 5.41 Å². The Labute approximate surface area is 91.7 Å². The van der Waals surface area contributed by atoms with E-state index in [1.165, 1.54) is 5.57 Å². The molecule has 0 spiro atoms. The van der Waals surface area contributed by atoms with Crippen LogP contribution in [0.25, 0.3) is 0 Å². The maximum atomic E-state index is 11.9. The van der Waals surface area contributed by atoms with Crippen molar-refractivity contribution in [2.45, 2.75) is 53.4 Å². The van der Waals surface area contributed by atoms with Crippen molar-refractivity contribution < 1.29 is 9.59 Å². The molecule has 0 radical (unpaired) electrons. The average Bonchev–Trinajstić information content (AvgIpc) is 1.98. The molecule has 1 rings (SSSR count). The molecule has 15 heavy (non-hydrogen) atoms. The third-order valence-electron chi connectivity index (χ3n) is 2.96. The summed E-state index contributed by atoms with van der Waals surface area (Å²) < 4.78 is 0. The number of carbonyl (C=O) groups is 2. The van der Waals surface area contributed by atoms with Gasteiger partial charge in [0.15, 0.2) is 5.78 Å². The van der Waals surface area contributed by atoms with Crippen molar-refractivity contribution in [3.63, 3.8) is 0 Å². The van der Waals surface area contributed by atoms with Crippen LogP contribution < -0.4 is 0 Å². The molecule has 0 amide bonds. The molecule has 0 bridgehead atoms. The first kappa shape index (κ1) is 12.2. The summed E-state index contributed by atoms with van der Waals surface area (Å²) in [6.07, 6.45) is 2.73. The highest BCUT2D eigenvalue weighted by molar-refractivity contribution is 5.98. The van der Waals surface area contributed by atoms with E-state index in [0.717, 1.165) is 12.0 Å². The highest BCUT2D eigenvalue weighted by Gasteiger charge is 2.30. The Morgan fingerprint density at radius 1 is 1.33 bits per heavy atom. The minimum atomic E-state index is 0.0981. The van der Waals surface area contributed by atoms with Crippen molar-refractivity contribution in [1.29, 1.82) is 0 Å². The predicted octanol–water partition coefficient (Wildman–Crippen LogP) is 3.06. The van der Waals surface area contributed by atoms with Gasteiger partial charge in [-0.2, -0.15) is 0 Å². The molecule has 0 saturated carbocycles. The van der Waals surface area contributed by atoms with Crippen LogP contribution in [-0.2, 0) is 9.59 Å². The Hall–Kier alpha value is -0.920. The van der Waals surface area contributed by atoms with Gasteiger partial charge in [-0.15, -0.1) is 0 Å². The van der Waals surface area contributed by atoms with E-state index in [9.17, 15) is 9.59 Å². The summed E-state index contributed by atoms with van der Waals surface area (Å²) >= 11 is 0. The van der Waals surface area contributed by atoms with Gasteiger partial charge in [-0.1, -0.05) is 19.4 Å². The van der Waals surface area contributed by atoms with E-state index in [1.54, 1.807) is 6.92 Å². The van der Waals surface area contributed by atoms with Crippen LogP contribution in [0.15, 0.2) is 11.1 Å². The van der Waals surface area contributed by atoms with E-state index in [1.807, 2.05) is 6.92 Å². The molecule has 0 unspecified atom stereocenters. The Kier molecular flexibility index (Phi) is 3.48. The lowest BCUT2D eigenvalue weighted by Gasteiger charge is -2.30. The number of carbonyl (C=O) groups excluding carboxylic acids is 2. The van der Waals surface area contributed by atoms with Crippen molar-refractivity contribution >= 4 is 11.6 Å². The number of hydrogen-bond donors (Lipinski definition) is 0. The van der Waals surface area contributed by atoms with Crippen LogP contribution >= 0.6 is 0 Å². The van der Waals surface area contributed by atoms with Gasteiger partial charge in [0.25, 0.3) is 0 Å². The van der Waals surface area contributed by atoms with Crippen LogP contribution in [0.4, 0.5) is 0 Å². The second-order valence-electron chi connectivity index (χ2n) is 5.40. The largest absolute Gasteiger partial charge is 0.300 e. The Balaban J connectivity index is 2.78. The van der Waals surface area contributed by atoms with Gasteiger partial charge in [-0.05, 0) is 37.7 Å². The quantitative estimate of drug-likeness (QED) is 0.714. The number of Topliss-reactive ketones (excluding diaryl/α,β-unsaturated/α-hetero) is 2. The fraction of sp³-hybridized carbons (Fsp3) is 0.692. The molecule has 0 aromatic carbocycles. The number of rotatable bonds is 3. The minimum absolute atomic E-state index is 0.0981. The van der Waals surface area contributed by atoms with Crippen LogP contribution in [0.5, 0.6) is 0 Å². The summed E-state index contributed by atoms with van der Waals surface area (Å²) in [5.41, 5.74) is 2.18. The second-order valence-corrected chi connectivity index (χ2v) is 5.40. The topological polar surface area (TPSA) is 34.1 Å². The first-order chi connectivity index (χ1) is 6.82. The van der Waals surface area contributed by atoms with E-state index in [-0.39, 0.29) is 17.0 Å². The standard InChI is InChI=1S/C13H20O2/c1-9-7-13(3,4)8-12(15)11(9)6-5-10(2)14/h5-8H2,1-4H3. The summed E-state index contributed by atoms with van der Waals surface area (Å²) in [5, 5.41) is 0. The van der Waals surface area contributed by atoms with Gasteiger partial charge in [0.05, 0.1) is 0 Å². The average molecular weight is 208 g/mol. The maximum Gasteiger partial charge on any atom is 0.159 e. The minimum Gasteiger partial charge on any atom is -0.300 e. The van der Waals surface area contributed by atoms with Gasteiger partial charge < -0.3 is 4.79 Å². The molecule has 0 N–H and O–H groups in total. The van der Waals surface area contributed by atoms with Gasteiger partial charge in [0, 0.05) is 12.8 Å². The van der Waals surface area contributed by atoms with Crippen LogP contribution in [0.2, 0.25) is 0 Å². The summed E-state index contributed by atoms with van der Waals surface area (Å²) in [6, 6.07) is 0. The van der Waals surface area contributed by atoms with Crippen LogP contribution in [0.1, 0.15) is 53.4 Å². The highest BCUT2D eigenvalue weighted by Crippen LogP contribution is 2.37. The molecule has 2 nitrogen and oxygen atoms in total. The summed E-state index contributed by atoms with van der Waals surface area (Å²) in [5.74, 6) is 0.401. The lowest BCUT2D eigenvalue weighted by Crippen LogP contribution is -2.25. The zero-order valence-corrected chi connectivity index (χ0v) is 10.1. The molecule has 0 saturated heterocycles. The zero-order chi connectivity index (χ0) is 11.6. The highest BCUT2D eigenvalue weighted by atomic mass is 16.1. The van der Waals surface area contributed by atoms with Crippen LogP contribution in [0, 0.1) is 5.41 Å². The van der Waals surface area contributed by atoms with Crippen molar-refractivity contribution in [2.75, 3.05) is 0 Å². The lowest BCUT2D eigenvalue weighted by atomic mass is 9.73. The summed E-state index contributed by atoms with van der Waals surface area (Å²) in [6.45, 7) is 7.84. The Morgan fingerprint density at radius 3 is 2.40 bits per heavy atom. The third kappa shape index (κ3) is 3.29. The fourth-order valence-electron chi connectivity index (χ4n) is 2.32. The lowest BCUT2D eigenvalue weighted by molar-refractivity contribution is -0.118. The van der Waals surface area contributed by atoms with Gasteiger partial charge in [-0.25, -0.2) is 0 Å². The molecule has 0 fully saturated rings. The van der Waals surface area contributed by atoms with E-state index < -0.39 is 0 Å². The molecule has 2 heteroatoms. The van der Waals surface area contributed by atoms with E-state index in [2.05, 4.69) is 13.8 Å². The van der Waals surface area contributed by atoms with Gasteiger partial charge in [0.2, 0.25) is 0 Å². The zero-order valence-electron chi connectivity index (χ0n) is 10.1. The molecule has 1 aliphatic rings. The first-order valence-electron chi connectivity index (χ1n) is 5.53. The predicted molar refractivity (Wildman–Crippen MR) is 60.6 cm³/mol. The SMILES string of the molecule is CC(=O)CCC1=C(C)CC(C)(C)CC1=O. The summed E-state index contributed by atoms with van der Waals surface area (Å²) in [4.78, 5) is 22.8. The maximum absolute atomic E-state index is 11.9. The molecule has 84 valence electrons. The van der Waals surface area contributed by atoms with Crippen molar-refractivity contribution in [3.05, 3.63) is 11.1 Å². The molecule has 0 aromatic heterocycles. The molecule has 0 atom stereocenters. The number of hydrogen-bond acceptors (Lipinski definition) is 2.